The molecule has 0 aliphatic carbocycles. The number of hydrogen-bond donors (Lipinski definition) is 0. The fourth-order valence-corrected chi connectivity index (χ4v) is 2.63. The molecule has 2 rings (SSSR count). The van der Waals surface area contributed by atoms with Gasteiger partial charge < -0.3 is 14.9 Å². The summed E-state index contributed by atoms with van der Waals surface area (Å²) < 4.78 is 23.7. The molecule has 4 nitrogen and oxygen atoms in total. The zero-order chi connectivity index (χ0) is 11.2. The van der Waals surface area contributed by atoms with E-state index in [1.165, 1.54) is 0 Å². The van der Waals surface area contributed by atoms with Gasteiger partial charge in [0.15, 0.2) is 0 Å². The monoisotopic (exact) mass is 527 g/mol. The topological polar surface area (TPSA) is 56.1 Å². The number of hydrogen-bond acceptors (Lipinski definition) is 3. The molecular formula is C12H16NO3SWY-. The first-order chi connectivity index (χ1) is 6.93. The van der Waals surface area contributed by atoms with Gasteiger partial charge in [0.25, 0.3) is 0 Å². The van der Waals surface area contributed by atoms with Crippen LogP contribution in [0.5, 0.6) is 0 Å². The van der Waals surface area contributed by atoms with Crippen molar-refractivity contribution in [2.45, 2.75) is 6.92 Å². The van der Waals surface area contributed by atoms with Gasteiger partial charge in [-0.25, -0.2) is 8.42 Å². The van der Waals surface area contributed by atoms with Crippen LogP contribution in [0.1, 0.15) is 5.56 Å². The number of aromatic nitrogens is 1. The maximum atomic E-state index is 11.7. The Bertz CT molecular complexity index is 689. The van der Waals surface area contributed by atoms with Crippen LogP contribution in [0.3, 0.4) is 0 Å². The Morgan fingerprint density at radius 1 is 1.16 bits per heavy atom. The van der Waals surface area contributed by atoms with Gasteiger partial charge in [0.1, 0.15) is 0 Å². The van der Waals surface area contributed by atoms with Gasteiger partial charge in [-0.05, 0) is 5.52 Å². The van der Waals surface area contributed by atoms with E-state index in [2.05, 4.69) is 0 Å². The van der Waals surface area contributed by atoms with E-state index in [-0.39, 0.29) is 68.6 Å². The summed E-state index contributed by atoms with van der Waals surface area (Å²) in [5.41, 5.74) is 0.456. The summed E-state index contributed by atoms with van der Waals surface area (Å²) in [6.45, 7) is 1.63. The van der Waals surface area contributed by atoms with Crippen LogP contribution in [0, 0.1) is 21.8 Å². The molecule has 0 aliphatic heterocycles. The molecule has 0 unspecified atom stereocenters. The first-order valence-corrected chi connectivity index (χ1v) is 6.25. The summed E-state index contributed by atoms with van der Waals surface area (Å²) in [5, 5.41) is 0.688. The molecule has 19 heavy (non-hydrogen) atoms. The van der Waals surface area contributed by atoms with Gasteiger partial charge in [0, 0.05) is 32.7 Å². The summed E-state index contributed by atoms with van der Waals surface area (Å²) in [6, 6.07) is 6.86. The predicted octanol–water partition coefficient (Wildman–Crippen LogP) is 1.73. The van der Waals surface area contributed by atoms with E-state index in [0.717, 1.165) is 10.2 Å². The Kier molecular flexibility index (Phi) is 11.0. The second-order valence-electron chi connectivity index (χ2n) is 3.47. The van der Waals surface area contributed by atoms with Gasteiger partial charge in [-0.2, -0.15) is 11.5 Å². The number of rotatable bonds is 1. The second-order valence-corrected chi connectivity index (χ2v) is 5.31. The van der Waals surface area contributed by atoms with Crippen LogP contribution in [0.15, 0.2) is 29.1 Å². The molecule has 0 atom stereocenters. The van der Waals surface area contributed by atoms with E-state index in [4.69, 9.17) is 0 Å². The average Bonchev–Trinajstić information content (AvgIpc) is 2.39. The van der Waals surface area contributed by atoms with Crippen molar-refractivity contribution in [2.24, 2.45) is 0 Å². The van der Waals surface area contributed by atoms with E-state index in [1.54, 1.807) is 31.2 Å². The van der Waals surface area contributed by atoms with Gasteiger partial charge in [-0.15, -0.1) is 6.07 Å². The standard InChI is InChI=1S/C10H10NO3S.2CH3.W.Y/c1-7-8-5-3-4-6-9(8)11(10(7)12)15(2,13)14;;;;/h3-6H,1-2H3;2*1H3;;/q3*-1;+2;. The summed E-state index contributed by atoms with van der Waals surface area (Å²) in [5.74, 6) is 0. The third kappa shape index (κ3) is 4.39. The molecule has 0 amide bonds. The molecule has 0 saturated heterocycles. The molecular weight excluding hydrogens is 511 g/mol. The summed E-state index contributed by atoms with van der Waals surface area (Å²) >= 11 is 0. The Morgan fingerprint density at radius 3 is 2.11 bits per heavy atom. The van der Waals surface area contributed by atoms with Gasteiger partial charge in [0.2, 0.25) is 15.6 Å². The Morgan fingerprint density at radius 2 is 1.63 bits per heavy atom. The van der Waals surface area contributed by atoms with Crippen molar-refractivity contribution < 1.29 is 62.2 Å². The zero-order valence-electron chi connectivity index (χ0n) is 11.4. The predicted molar refractivity (Wildman–Crippen MR) is 71.6 cm³/mol. The van der Waals surface area contributed by atoms with Crippen LogP contribution in [0.4, 0.5) is 0 Å². The van der Waals surface area contributed by atoms with Crippen molar-refractivity contribution in [3.63, 3.8) is 0 Å². The van der Waals surface area contributed by atoms with Crippen LogP contribution in [0.25, 0.3) is 10.9 Å². The minimum atomic E-state index is -3.54. The van der Waals surface area contributed by atoms with E-state index in [0.29, 0.717) is 16.5 Å². The number of nitrogens with zero attached hydrogens (tertiary/aromatic N) is 1. The number of aryl methyl sites for hydroxylation is 1. The van der Waals surface area contributed by atoms with Crippen molar-refractivity contribution in [1.29, 1.82) is 0 Å². The van der Waals surface area contributed by atoms with E-state index >= 15 is 0 Å². The largest absolute Gasteiger partial charge is 2.00 e. The van der Waals surface area contributed by atoms with Crippen molar-refractivity contribution in [2.75, 3.05) is 6.26 Å². The minimum absolute atomic E-state index is 0. The van der Waals surface area contributed by atoms with E-state index in [9.17, 15) is 13.2 Å². The first kappa shape index (κ1) is 24.3. The summed E-state index contributed by atoms with van der Waals surface area (Å²) in [7, 11) is -3.54. The normalized spacial score (nSPS) is 9.58. The maximum Gasteiger partial charge on any atom is 2.00 e. The van der Waals surface area contributed by atoms with Crippen LogP contribution in [-0.4, -0.2) is 18.6 Å². The Labute approximate surface area is 154 Å². The zero-order valence-corrected chi connectivity index (χ0v) is 18.0. The van der Waals surface area contributed by atoms with Gasteiger partial charge in [-0.1, -0.05) is 24.6 Å². The fraction of sp³-hybridized carbons (Fsp3) is 0.167. The first-order valence-electron chi connectivity index (χ1n) is 4.40. The smallest absolute Gasteiger partial charge is 0.358 e. The summed E-state index contributed by atoms with van der Waals surface area (Å²) in [4.78, 5) is 11.7. The maximum absolute atomic E-state index is 11.7. The third-order valence-electron chi connectivity index (χ3n) is 2.36. The summed E-state index contributed by atoms with van der Waals surface area (Å²) in [6.07, 6.45) is 1.03. The van der Waals surface area contributed by atoms with E-state index < -0.39 is 15.6 Å². The van der Waals surface area contributed by atoms with Gasteiger partial charge in [0.05, 0.1) is 6.26 Å². The third-order valence-corrected chi connectivity index (χ3v) is 3.39. The van der Waals surface area contributed by atoms with Crippen LogP contribution in [-0.2, 0) is 63.8 Å². The van der Waals surface area contributed by atoms with Crippen molar-refractivity contribution >= 4 is 20.9 Å². The Hall–Kier alpha value is 0.302. The molecule has 7 heteroatoms. The second kappa shape index (κ2) is 8.56. The molecule has 0 fully saturated rings. The molecule has 0 saturated carbocycles. The number of para-hydroxylation sites is 1. The fourth-order valence-electron chi connectivity index (χ4n) is 1.67. The molecule has 0 spiro atoms. The molecule has 1 heterocycles. The molecule has 2 aromatic rings. The molecule has 0 N–H and O–H groups in total. The van der Waals surface area contributed by atoms with Crippen molar-refractivity contribution in [3.05, 3.63) is 55.0 Å². The van der Waals surface area contributed by atoms with Crippen molar-refractivity contribution in [3.8, 4) is 0 Å². The molecule has 1 aromatic heterocycles. The average molecular weight is 527 g/mol. The van der Waals surface area contributed by atoms with Crippen LogP contribution >= 0.6 is 0 Å². The van der Waals surface area contributed by atoms with Gasteiger partial charge in [-0.3, -0.25) is 8.77 Å². The molecule has 1 radical (unpaired) electrons. The molecule has 0 aliphatic rings. The molecule has 0 bridgehead atoms. The minimum Gasteiger partial charge on any atom is -0.358 e. The van der Waals surface area contributed by atoms with Crippen LogP contribution in [0.2, 0.25) is 0 Å². The quantitative estimate of drug-likeness (QED) is 0.532. The van der Waals surface area contributed by atoms with E-state index in [1.807, 2.05) is 0 Å². The van der Waals surface area contributed by atoms with Gasteiger partial charge >= 0.3 is 21.1 Å². The molecule has 103 valence electrons. The van der Waals surface area contributed by atoms with Crippen LogP contribution < -0.4 is 5.56 Å². The van der Waals surface area contributed by atoms with Crippen molar-refractivity contribution in [1.82, 2.24) is 3.97 Å². The number of benzene rings is 1. The SMILES string of the molecule is C[c-]1c(=O)n(S(C)(=O)=O)c2ccccc21.[CH3-].[CH3-].[W+2].[Y]. The number of fused-ring (bicyclic) bond motifs is 1. The Balaban J connectivity index is -0.000000640. The molecule has 1 aromatic carbocycles.